The van der Waals surface area contributed by atoms with Gasteiger partial charge < -0.3 is 4.90 Å². The molecule has 11 heavy (non-hydrogen) atoms. The summed E-state index contributed by atoms with van der Waals surface area (Å²) >= 11 is 0. The second-order valence-corrected chi connectivity index (χ2v) is 3.18. The monoisotopic (exact) mass is 149 g/mol. The number of pyridine rings is 1. The molecule has 0 aromatic carbocycles. The van der Waals surface area contributed by atoms with Crippen LogP contribution in [0.5, 0.6) is 0 Å². The van der Waals surface area contributed by atoms with Gasteiger partial charge in [-0.15, -0.1) is 0 Å². The molecule has 0 spiro atoms. The van der Waals surface area contributed by atoms with Crippen LogP contribution in [0.3, 0.4) is 0 Å². The largest absolute Gasteiger partial charge is 0.302 e. The minimum atomic E-state index is 1.09. The van der Waals surface area contributed by atoms with Gasteiger partial charge in [-0.05, 0) is 19.0 Å². The molecule has 2 heteroatoms. The topological polar surface area (TPSA) is 17.4 Å². The summed E-state index contributed by atoms with van der Waals surface area (Å²) in [5.41, 5.74) is 2.95. The molecule has 0 fully saturated rings. The van der Waals surface area contributed by atoms with E-state index in [2.05, 4.69) is 29.2 Å². The zero-order chi connectivity index (χ0) is 7.68. The van der Waals surface area contributed by atoms with Crippen LogP contribution in [-0.2, 0) is 13.0 Å². The van der Waals surface area contributed by atoms with E-state index in [1.54, 1.807) is 0 Å². The van der Waals surface area contributed by atoms with Crippen LogP contribution in [-0.4, -0.2) is 18.5 Å². The first-order valence-electron chi connectivity index (χ1n) is 4.02. The molecule has 2 rings (SSSR count). The van der Waals surface area contributed by atoms with Crippen LogP contribution in [0.15, 0.2) is 18.5 Å². The number of fused-ring (bicyclic) bond motifs is 1. The van der Waals surface area contributed by atoms with Crippen LogP contribution in [0.2, 0.25) is 0 Å². The maximum Gasteiger partial charge on any atom is 0.171 e. The van der Waals surface area contributed by atoms with Crippen molar-refractivity contribution < 1.29 is 4.98 Å². The summed E-state index contributed by atoms with van der Waals surface area (Å²) in [7, 11) is 2.16. The van der Waals surface area contributed by atoms with Crippen molar-refractivity contribution in [3.8, 4) is 0 Å². The van der Waals surface area contributed by atoms with E-state index in [1.165, 1.54) is 24.1 Å². The van der Waals surface area contributed by atoms with Crippen molar-refractivity contribution in [1.82, 2.24) is 4.90 Å². The zero-order valence-corrected chi connectivity index (χ0v) is 6.80. The number of likely N-dealkylation sites (N-methyl/N-ethyl adjacent to an activating group) is 1. The van der Waals surface area contributed by atoms with Crippen molar-refractivity contribution in [1.29, 1.82) is 0 Å². The highest BCUT2D eigenvalue weighted by atomic mass is 15.1. The number of nitrogens with one attached hydrogen (secondary N) is 1. The highest BCUT2D eigenvalue weighted by molar-refractivity contribution is 5.23. The molecular formula is C9H13N2+. The van der Waals surface area contributed by atoms with Crippen LogP contribution in [0.25, 0.3) is 0 Å². The van der Waals surface area contributed by atoms with Crippen molar-refractivity contribution in [3.05, 3.63) is 29.6 Å². The first-order valence-corrected chi connectivity index (χ1v) is 4.02. The SMILES string of the molecule is CN1CCc2cc[nH+]cc2C1. The van der Waals surface area contributed by atoms with Gasteiger partial charge in [0.2, 0.25) is 0 Å². The molecule has 0 aliphatic carbocycles. The minimum absolute atomic E-state index is 1.09. The lowest BCUT2D eigenvalue weighted by molar-refractivity contribution is -0.379. The number of hydrogen-bond donors (Lipinski definition) is 0. The third-order valence-electron chi connectivity index (χ3n) is 2.25. The lowest BCUT2D eigenvalue weighted by Crippen LogP contribution is -2.27. The molecule has 0 atom stereocenters. The van der Waals surface area contributed by atoms with Gasteiger partial charge in [0.05, 0.1) is 0 Å². The Hall–Kier alpha value is -0.890. The van der Waals surface area contributed by atoms with E-state index < -0.39 is 0 Å². The average molecular weight is 149 g/mol. The Morgan fingerprint density at radius 2 is 2.36 bits per heavy atom. The summed E-state index contributed by atoms with van der Waals surface area (Å²) in [6.07, 6.45) is 5.30. The number of nitrogens with zero attached hydrogens (tertiary/aromatic N) is 1. The maximum atomic E-state index is 3.11. The zero-order valence-electron chi connectivity index (χ0n) is 6.80. The summed E-state index contributed by atoms with van der Waals surface area (Å²) in [5.74, 6) is 0. The fourth-order valence-electron chi connectivity index (χ4n) is 1.57. The molecule has 2 heterocycles. The van der Waals surface area contributed by atoms with Gasteiger partial charge in [0.1, 0.15) is 0 Å². The van der Waals surface area contributed by atoms with Crippen molar-refractivity contribution >= 4 is 0 Å². The standard InChI is InChI=1S/C9H12N2/c1-11-5-3-8-2-4-10-6-9(8)7-11/h2,4,6H,3,5,7H2,1H3/p+1. The van der Waals surface area contributed by atoms with Gasteiger partial charge in [0.25, 0.3) is 0 Å². The molecule has 1 aromatic rings. The minimum Gasteiger partial charge on any atom is -0.302 e. The van der Waals surface area contributed by atoms with Gasteiger partial charge in [0, 0.05) is 24.7 Å². The fourth-order valence-corrected chi connectivity index (χ4v) is 1.57. The van der Waals surface area contributed by atoms with E-state index in [0.717, 1.165) is 6.54 Å². The molecule has 0 bridgehead atoms. The molecule has 1 aliphatic rings. The molecule has 0 unspecified atom stereocenters. The Morgan fingerprint density at radius 3 is 3.27 bits per heavy atom. The summed E-state index contributed by atoms with van der Waals surface area (Å²) in [6.45, 7) is 2.28. The number of aromatic nitrogens is 1. The van der Waals surface area contributed by atoms with Crippen LogP contribution in [0.4, 0.5) is 0 Å². The van der Waals surface area contributed by atoms with Crippen molar-refractivity contribution in [2.75, 3.05) is 13.6 Å². The number of H-pyrrole nitrogens is 1. The quantitative estimate of drug-likeness (QED) is 0.524. The molecule has 1 N–H and O–H groups in total. The van der Waals surface area contributed by atoms with E-state index in [-0.39, 0.29) is 0 Å². The van der Waals surface area contributed by atoms with Crippen LogP contribution in [0.1, 0.15) is 11.1 Å². The molecule has 1 aliphatic heterocycles. The number of aromatic amines is 1. The Bertz CT molecular complexity index is 257. The maximum absolute atomic E-state index is 3.11. The fraction of sp³-hybridized carbons (Fsp3) is 0.444. The lowest BCUT2D eigenvalue weighted by atomic mass is 10.0. The van der Waals surface area contributed by atoms with Crippen molar-refractivity contribution in [3.63, 3.8) is 0 Å². The van der Waals surface area contributed by atoms with E-state index in [9.17, 15) is 0 Å². The third-order valence-corrected chi connectivity index (χ3v) is 2.25. The van der Waals surface area contributed by atoms with Gasteiger partial charge in [0.15, 0.2) is 12.4 Å². The van der Waals surface area contributed by atoms with Crippen molar-refractivity contribution in [2.45, 2.75) is 13.0 Å². The molecule has 0 saturated heterocycles. The first kappa shape index (κ1) is 6.80. The molecule has 1 aromatic heterocycles. The van der Waals surface area contributed by atoms with Crippen molar-refractivity contribution in [2.24, 2.45) is 0 Å². The Kier molecular flexibility index (Phi) is 1.62. The summed E-state index contributed by atoms with van der Waals surface area (Å²) in [4.78, 5) is 5.46. The predicted octanol–water partition coefficient (Wildman–Crippen LogP) is 0.489. The third kappa shape index (κ3) is 1.26. The van der Waals surface area contributed by atoms with Gasteiger partial charge in [-0.1, -0.05) is 0 Å². The van der Waals surface area contributed by atoms with Crippen LogP contribution < -0.4 is 4.98 Å². The van der Waals surface area contributed by atoms with E-state index in [1.807, 2.05) is 6.20 Å². The van der Waals surface area contributed by atoms with E-state index in [0.29, 0.717) is 0 Å². The lowest BCUT2D eigenvalue weighted by Gasteiger charge is -2.22. The van der Waals surface area contributed by atoms with Gasteiger partial charge in [-0.3, -0.25) is 0 Å². The average Bonchev–Trinajstić information content (AvgIpc) is 2.04. The molecule has 0 amide bonds. The Morgan fingerprint density at radius 1 is 1.45 bits per heavy atom. The van der Waals surface area contributed by atoms with Crippen LogP contribution in [0, 0.1) is 0 Å². The molecular weight excluding hydrogens is 136 g/mol. The second-order valence-electron chi connectivity index (χ2n) is 3.18. The highest BCUT2D eigenvalue weighted by Gasteiger charge is 2.13. The summed E-state index contributed by atoms with van der Waals surface area (Å²) < 4.78 is 0. The van der Waals surface area contributed by atoms with Gasteiger partial charge >= 0.3 is 0 Å². The van der Waals surface area contributed by atoms with Crippen LogP contribution >= 0.6 is 0 Å². The molecule has 0 radical (unpaired) electrons. The van der Waals surface area contributed by atoms with Gasteiger partial charge in [-0.2, -0.15) is 0 Å². The van der Waals surface area contributed by atoms with Gasteiger partial charge in [-0.25, -0.2) is 4.98 Å². The second kappa shape index (κ2) is 2.62. The number of rotatable bonds is 0. The summed E-state index contributed by atoms with van der Waals surface area (Å²) in [5, 5.41) is 0. The smallest absolute Gasteiger partial charge is 0.171 e. The predicted molar refractivity (Wildman–Crippen MR) is 43.0 cm³/mol. The normalized spacial score (nSPS) is 17.9. The highest BCUT2D eigenvalue weighted by Crippen LogP contribution is 2.14. The van der Waals surface area contributed by atoms with E-state index in [4.69, 9.17) is 0 Å². The Balaban J connectivity index is 2.34. The summed E-state index contributed by atoms with van der Waals surface area (Å²) in [6, 6.07) is 2.18. The Labute approximate surface area is 66.9 Å². The molecule has 0 saturated carbocycles. The first-order chi connectivity index (χ1) is 5.36. The molecule has 2 nitrogen and oxygen atoms in total. The van der Waals surface area contributed by atoms with E-state index >= 15 is 0 Å². The number of hydrogen-bond acceptors (Lipinski definition) is 1. The molecule has 58 valence electrons.